The standard InChI is InChI=1S/C15H22N2OS/c1-11(12-7-8-12)17(9-10-18-2)14-6-4-3-5-13(14)15(16)19/h3-6,11-12H,7-10H2,1-2H3,(H2,16,19). The van der Waals surface area contributed by atoms with Crippen LogP contribution in [0, 0.1) is 5.92 Å². The number of hydrogen-bond acceptors (Lipinski definition) is 3. The molecule has 19 heavy (non-hydrogen) atoms. The highest BCUT2D eigenvalue weighted by atomic mass is 32.1. The number of nitrogens with zero attached hydrogens (tertiary/aromatic N) is 1. The minimum atomic E-state index is 0.459. The number of thiocarbonyl (C=S) groups is 1. The van der Waals surface area contributed by atoms with Crippen molar-refractivity contribution in [2.75, 3.05) is 25.2 Å². The first-order chi connectivity index (χ1) is 9.15. The maximum atomic E-state index is 5.85. The van der Waals surface area contributed by atoms with Gasteiger partial charge in [0, 0.05) is 30.9 Å². The molecule has 1 unspecified atom stereocenters. The van der Waals surface area contributed by atoms with E-state index in [0.717, 1.165) is 23.7 Å². The van der Waals surface area contributed by atoms with Crippen molar-refractivity contribution in [2.24, 2.45) is 11.7 Å². The van der Waals surface area contributed by atoms with Crippen LogP contribution in [0.5, 0.6) is 0 Å². The Labute approximate surface area is 120 Å². The SMILES string of the molecule is COCCN(c1ccccc1C(N)=S)C(C)C1CC1. The summed E-state index contributed by atoms with van der Waals surface area (Å²) < 4.78 is 5.24. The van der Waals surface area contributed by atoms with E-state index in [-0.39, 0.29) is 0 Å². The molecule has 1 aliphatic carbocycles. The highest BCUT2D eigenvalue weighted by Crippen LogP contribution is 2.37. The molecule has 1 atom stereocenters. The predicted molar refractivity (Wildman–Crippen MR) is 83.7 cm³/mol. The van der Waals surface area contributed by atoms with Crippen molar-refractivity contribution in [1.29, 1.82) is 0 Å². The van der Waals surface area contributed by atoms with Crippen molar-refractivity contribution >= 4 is 22.9 Å². The minimum Gasteiger partial charge on any atom is -0.389 e. The summed E-state index contributed by atoms with van der Waals surface area (Å²) in [5.74, 6) is 0.788. The van der Waals surface area contributed by atoms with Gasteiger partial charge in [-0.15, -0.1) is 0 Å². The molecule has 0 bridgehead atoms. The number of rotatable bonds is 7. The lowest BCUT2D eigenvalue weighted by Gasteiger charge is -2.33. The number of methoxy groups -OCH3 is 1. The summed E-state index contributed by atoms with van der Waals surface area (Å²) in [5.41, 5.74) is 7.94. The van der Waals surface area contributed by atoms with Crippen LogP contribution in [0.15, 0.2) is 24.3 Å². The molecule has 3 nitrogen and oxygen atoms in total. The second-order valence-corrected chi connectivity index (χ2v) is 5.59. The third-order valence-corrected chi connectivity index (χ3v) is 4.03. The van der Waals surface area contributed by atoms with Crippen LogP contribution in [0.4, 0.5) is 5.69 Å². The summed E-state index contributed by atoms with van der Waals surface area (Å²) in [6.45, 7) is 3.86. The van der Waals surface area contributed by atoms with Crippen LogP contribution in [-0.4, -0.2) is 31.3 Å². The fraction of sp³-hybridized carbons (Fsp3) is 0.533. The van der Waals surface area contributed by atoms with Gasteiger partial charge in [0.05, 0.1) is 6.61 Å². The maximum Gasteiger partial charge on any atom is 0.106 e. The van der Waals surface area contributed by atoms with Gasteiger partial charge in [0.25, 0.3) is 0 Å². The normalized spacial score (nSPS) is 16.1. The third-order valence-electron chi connectivity index (χ3n) is 3.81. The van der Waals surface area contributed by atoms with Crippen molar-refractivity contribution in [3.63, 3.8) is 0 Å². The molecule has 2 N–H and O–H groups in total. The van der Waals surface area contributed by atoms with Crippen LogP contribution in [0.1, 0.15) is 25.3 Å². The van der Waals surface area contributed by atoms with Crippen LogP contribution in [0.25, 0.3) is 0 Å². The smallest absolute Gasteiger partial charge is 0.106 e. The highest BCUT2D eigenvalue weighted by Gasteiger charge is 2.32. The molecule has 0 aromatic heterocycles. The van der Waals surface area contributed by atoms with Gasteiger partial charge >= 0.3 is 0 Å². The fourth-order valence-electron chi connectivity index (χ4n) is 2.50. The number of nitrogens with two attached hydrogens (primary N) is 1. The molecule has 0 amide bonds. The van der Waals surface area contributed by atoms with E-state index in [1.54, 1.807) is 7.11 Å². The second kappa shape index (κ2) is 6.35. The molecule has 1 aromatic carbocycles. The van der Waals surface area contributed by atoms with Crippen molar-refractivity contribution in [3.05, 3.63) is 29.8 Å². The Hall–Kier alpha value is -1.13. The third kappa shape index (κ3) is 3.45. The second-order valence-electron chi connectivity index (χ2n) is 5.15. The molecule has 0 heterocycles. The maximum absolute atomic E-state index is 5.85. The molecule has 4 heteroatoms. The Morgan fingerprint density at radius 3 is 2.74 bits per heavy atom. The molecule has 2 rings (SSSR count). The van der Waals surface area contributed by atoms with Crippen LogP contribution in [0.3, 0.4) is 0 Å². The number of para-hydroxylation sites is 1. The zero-order valence-corrected chi connectivity index (χ0v) is 12.5. The van der Waals surface area contributed by atoms with Crippen molar-refractivity contribution in [3.8, 4) is 0 Å². The van der Waals surface area contributed by atoms with Gasteiger partial charge in [-0.05, 0) is 37.8 Å². The fourth-order valence-corrected chi connectivity index (χ4v) is 2.67. The Kier molecular flexibility index (Phi) is 4.77. The first kappa shape index (κ1) is 14.3. The van der Waals surface area contributed by atoms with E-state index in [1.165, 1.54) is 12.8 Å². The van der Waals surface area contributed by atoms with Gasteiger partial charge in [0.1, 0.15) is 4.99 Å². The molecule has 1 saturated carbocycles. The van der Waals surface area contributed by atoms with Gasteiger partial charge in [0.2, 0.25) is 0 Å². The zero-order valence-electron chi connectivity index (χ0n) is 11.6. The topological polar surface area (TPSA) is 38.5 Å². The zero-order chi connectivity index (χ0) is 13.8. The van der Waals surface area contributed by atoms with Crippen LogP contribution in [-0.2, 0) is 4.74 Å². The summed E-state index contributed by atoms with van der Waals surface area (Å²) in [6, 6.07) is 8.62. The van der Waals surface area contributed by atoms with Gasteiger partial charge in [-0.2, -0.15) is 0 Å². The lowest BCUT2D eigenvalue weighted by atomic mass is 10.1. The van der Waals surface area contributed by atoms with E-state index >= 15 is 0 Å². The van der Waals surface area contributed by atoms with Crippen LogP contribution >= 0.6 is 12.2 Å². The Balaban J connectivity index is 2.28. The molecule has 1 aromatic rings. The average Bonchev–Trinajstić information content (AvgIpc) is 3.23. The van der Waals surface area contributed by atoms with E-state index in [9.17, 15) is 0 Å². The minimum absolute atomic E-state index is 0.459. The summed E-state index contributed by atoms with van der Waals surface area (Å²) in [5, 5.41) is 0. The Morgan fingerprint density at radius 2 is 2.16 bits per heavy atom. The quantitative estimate of drug-likeness (QED) is 0.778. The molecular weight excluding hydrogens is 256 g/mol. The monoisotopic (exact) mass is 278 g/mol. The van der Waals surface area contributed by atoms with Gasteiger partial charge in [-0.3, -0.25) is 0 Å². The first-order valence-electron chi connectivity index (χ1n) is 6.79. The molecule has 1 fully saturated rings. The summed E-state index contributed by atoms with van der Waals surface area (Å²) in [4.78, 5) is 2.84. The van der Waals surface area contributed by atoms with Crippen molar-refractivity contribution in [1.82, 2.24) is 0 Å². The summed E-state index contributed by atoms with van der Waals surface area (Å²) in [6.07, 6.45) is 2.64. The van der Waals surface area contributed by atoms with Gasteiger partial charge in [-0.1, -0.05) is 24.4 Å². The van der Waals surface area contributed by atoms with E-state index in [2.05, 4.69) is 17.9 Å². The number of anilines is 1. The summed E-state index contributed by atoms with van der Waals surface area (Å²) in [7, 11) is 1.74. The van der Waals surface area contributed by atoms with Gasteiger partial charge in [-0.25, -0.2) is 0 Å². The molecule has 0 aliphatic heterocycles. The lowest BCUT2D eigenvalue weighted by molar-refractivity contribution is 0.202. The molecule has 0 spiro atoms. The average molecular weight is 278 g/mol. The highest BCUT2D eigenvalue weighted by molar-refractivity contribution is 7.80. The van der Waals surface area contributed by atoms with Gasteiger partial charge in [0.15, 0.2) is 0 Å². The van der Waals surface area contributed by atoms with E-state index in [1.807, 2.05) is 18.2 Å². The van der Waals surface area contributed by atoms with Crippen molar-refractivity contribution < 1.29 is 4.74 Å². The van der Waals surface area contributed by atoms with E-state index in [0.29, 0.717) is 17.6 Å². The largest absolute Gasteiger partial charge is 0.389 e. The van der Waals surface area contributed by atoms with Crippen molar-refractivity contribution in [2.45, 2.75) is 25.8 Å². The van der Waals surface area contributed by atoms with E-state index in [4.69, 9.17) is 22.7 Å². The molecule has 0 radical (unpaired) electrons. The van der Waals surface area contributed by atoms with Gasteiger partial charge < -0.3 is 15.4 Å². The van der Waals surface area contributed by atoms with E-state index < -0.39 is 0 Å². The number of hydrogen-bond donors (Lipinski definition) is 1. The predicted octanol–water partition coefficient (Wildman–Crippen LogP) is 2.57. The van der Waals surface area contributed by atoms with Crippen LogP contribution in [0.2, 0.25) is 0 Å². The first-order valence-corrected chi connectivity index (χ1v) is 7.20. The molecule has 1 aliphatic rings. The number of ether oxygens (including phenoxy) is 1. The number of benzene rings is 1. The Morgan fingerprint density at radius 1 is 1.47 bits per heavy atom. The molecule has 0 saturated heterocycles. The molecular formula is C15H22N2OS. The Bertz CT molecular complexity index is 446. The summed E-state index contributed by atoms with van der Waals surface area (Å²) >= 11 is 5.17. The lowest BCUT2D eigenvalue weighted by Crippen LogP contribution is -2.38. The molecule has 104 valence electrons. The van der Waals surface area contributed by atoms with Crippen LogP contribution < -0.4 is 10.6 Å².